The van der Waals surface area contributed by atoms with Gasteiger partial charge in [-0.3, -0.25) is 4.68 Å². The highest BCUT2D eigenvalue weighted by atomic mass is 35.5. The Balaban J connectivity index is 3.40. The van der Waals surface area contributed by atoms with Crippen molar-refractivity contribution in [3.05, 3.63) is 17.5 Å². The van der Waals surface area contributed by atoms with Crippen LogP contribution in [0.15, 0.2) is 6.20 Å². The van der Waals surface area contributed by atoms with Gasteiger partial charge in [-0.05, 0) is 25.4 Å². The number of halogens is 3. The third-order valence-corrected chi connectivity index (χ3v) is 1.96. The second-order valence-corrected chi connectivity index (χ2v) is 3.72. The number of aromatic carboxylic acids is 1. The van der Waals surface area contributed by atoms with Crippen LogP contribution in [0.5, 0.6) is 0 Å². The molecule has 7 heteroatoms. The zero-order chi connectivity index (χ0) is 11.8. The van der Waals surface area contributed by atoms with Gasteiger partial charge in [-0.25, -0.2) is 4.79 Å². The molecule has 0 saturated carbocycles. The van der Waals surface area contributed by atoms with Crippen molar-refractivity contribution in [2.75, 3.05) is 0 Å². The highest BCUT2D eigenvalue weighted by Crippen LogP contribution is 2.35. The molecule has 0 aliphatic heterocycles. The molecule has 1 heterocycles. The Hall–Kier alpha value is -1.17. The average Bonchev–Trinajstić information content (AvgIpc) is 2.45. The van der Waals surface area contributed by atoms with Gasteiger partial charge in [0.05, 0.1) is 6.20 Å². The van der Waals surface area contributed by atoms with Gasteiger partial charge in [0.15, 0.2) is 0 Å². The lowest BCUT2D eigenvalue weighted by atomic mass is 10.2. The molecule has 1 N–H and O–H groups in total. The van der Waals surface area contributed by atoms with Crippen molar-refractivity contribution in [2.45, 2.75) is 25.3 Å². The van der Waals surface area contributed by atoms with Crippen molar-refractivity contribution in [2.24, 2.45) is 0 Å². The number of carboxylic acid groups (broad SMARTS) is 1. The van der Waals surface area contributed by atoms with Gasteiger partial charge in [0.2, 0.25) is 0 Å². The third kappa shape index (κ3) is 2.26. The first-order valence-corrected chi connectivity index (χ1v) is 4.51. The molecule has 0 radical (unpaired) electrons. The summed E-state index contributed by atoms with van der Waals surface area (Å²) in [6, 6.07) is -0.391. The van der Waals surface area contributed by atoms with E-state index >= 15 is 0 Å². The Morgan fingerprint density at radius 1 is 1.67 bits per heavy atom. The number of hydrogen-bond donors (Lipinski definition) is 1. The smallest absolute Gasteiger partial charge is 0.365 e. The van der Waals surface area contributed by atoms with E-state index in [1.807, 2.05) is 0 Å². The number of carbonyl (C=O) groups is 1. The highest BCUT2D eigenvalue weighted by Gasteiger charge is 2.38. The molecule has 15 heavy (non-hydrogen) atoms. The lowest BCUT2D eigenvalue weighted by Gasteiger charge is -2.15. The minimum atomic E-state index is -3.74. The maximum atomic E-state index is 13.0. The molecule has 0 spiro atoms. The topological polar surface area (TPSA) is 55.1 Å². The van der Waals surface area contributed by atoms with Gasteiger partial charge in [0.1, 0.15) is 11.3 Å². The molecule has 0 aliphatic rings. The maximum absolute atomic E-state index is 13.0. The molecule has 0 aliphatic carbocycles. The summed E-state index contributed by atoms with van der Waals surface area (Å²) in [5.41, 5.74) is -1.37. The first kappa shape index (κ1) is 11.9. The minimum absolute atomic E-state index is 0.391. The summed E-state index contributed by atoms with van der Waals surface area (Å²) in [6.07, 6.45) is 0.869. The molecule has 4 nitrogen and oxygen atoms in total. The minimum Gasteiger partial charge on any atom is -0.478 e. The van der Waals surface area contributed by atoms with Crippen LogP contribution < -0.4 is 0 Å². The number of aromatic nitrogens is 2. The van der Waals surface area contributed by atoms with Crippen LogP contribution in [0.4, 0.5) is 8.78 Å². The molecule has 1 rings (SSSR count). The van der Waals surface area contributed by atoms with Crippen molar-refractivity contribution in [3.8, 4) is 0 Å². The number of alkyl halides is 3. The fraction of sp³-hybridized carbons (Fsp3) is 0.500. The first-order valence-electron chi connectivity index (χ1n) is 4.13. The van der Waals surface area contributed by atoms with Crippen LogP contribution >= 0.6 is 11.6 Å². The fourth-order valence-corrected chi connectivity index (χ4v) is 1.38. The van der Waals surface area contributed by atoms with Crippen molar-refractivity contribution in [1.82, 2.24) is 9.78 Å². The predicted octanol–water partition coefficient (Wildman–Crippen LogP) is 2.45. The Morgan fingerprint density at radius 3 is 2.53 bits per heavy atom. The van der Waals surface area contributed by atoms with E-state index in [4.69, 9.17) is 16.7 Å². The Labute approximate surface area is 89.5 Å². The maximum Gasteiger partial charge on any atom is 0.365 e. The largest absolute Gasteiger partial charge is 0.478 e. The van der Waals surface area contributed by atoms with E-state index in [0.29, 0.717) is 0 Å². The number of carboxylic acids is 1. The molecule has 84 valence electrons. The Morgan fingerprint density at radius 2 is 2.20 bits per heavy atom. The summed E-state index contributed by atoms with van der Waals surface area (Å²) >= 11 is 4.84. The average molecular weight is 239 g/mol. The molecule has 0 saturated heterocycles. The molecule has 0 fully saturated rings. The van der Waals surface area contributed by atoms with E-state index in [1.54, 1.807) is 13.8 Å². The van der Waals surface area contributed by atoms with Gasteiger partial charge in [-0.15, -0.1) is 0 Å². The zero-order valence-corrected chi connectivity index (χ0v) is 8.79. The van der Waals surface area contributed by atoms with Crippen LogP contribution in [0.25, 0.3) is 0 Å². The Kier molecular flexibility index (Phi) is 2.99. The molecular formula is C8H9ClF2N2O2. The van der Waals surface area contributed by atoms with Crippen LogP contribution in [-0.4, -0.2) is 20.9 Å². The van der Waals surface area contributed by atoms with Crippen LogP contribution in [0.2, 0.25) is 0 Å². The molecule has 0 amide bonds. The molecular weight excluding hydrogens is 230 g/mol. The van der Waals surface area contributed by atoms with Crippen LogP contribution in [0.3, 0.4) is 0 Å². The standard InChI is InChI=1S/C8H9ClF2N2O2/c1-4(2)13-6(8(9,10)11)5(3-12-13)7(14)15/h3-4H,1-2H3,(H,14,15). The van der Waals surface area contributed by atoms with Crippen LogP contribution in [0.1, 0.15) is 35.9 Å². The van der Waals surface area contributed by atoms with E-state index in [9.17, 15) is 13.6 Å². The molecule has 0 aromatic carbocycles. The zero-order valence-electron chi connectivity index (χ0n) is 8.04. The van der Waals surface area contributed by atoms with E-state index in [0.717, 1.165) is 10.9 Å². The van der Waals surface area contributed by atoms with Crippen molar-refractivity contribution < 1.29 is 18.7 Å². The third-order valence-electron chi connectivity index (χ3n) is 1.78. The van der Waals surface area contributed by atoms with Gasteiger partial charge in [0, 0.05) is 6.04 Å². The summed E-state index contributed by atoms with van der Waals surface area (Å²) < 4.78 is 26.8. The monoisotopic (exact) mass is 238 g/mol. The fourth-order valence-electron chi connectivity index (χ4n) is 1.19. The highest BCUT2D eigenvalue weighted by molar-refractivity contribution is 6.22. The second kappa shape index (κ2) is 3.77. The second-order valence-electron chi connectivity index (χ2n) is 3.25. The normalized spacial score (nSPS) is 12.1. The first-order chi connectivity index (χ1) is 6.75. The lowest BCUT2D eigenvalue weighted by molar-refractivity contribution is 0.0636. The van der Waals surface area contributed by atoms with Crippen molar-refractivity contribution >= 4 is 17.6 Å². The van der Waals surface area contributed by atoms with Gasteiger partial charge < -0.3 is 5.11 Å². The summed E-state index contributed by atoms with van der Waals surface area (Å²) in [5.74, 6) is -1.47. The number of nitrogens with zero attached hydrogens (tertiary/aromatic N) is 2. The van der Waals surface area contributed by atoms with Gasteiger partial charge in [0.25, 0.3) is 0 Å². The molecule has 0 atom stereocenters. The van der Waals surface area contributed by atoms with E-state index in [2.05, 4.69) is 5.10 Å². The van der Waals surface area contributed by atoms with Crippen LogP contribution in [-0.2, 0) is 5.38 Å². The SMILES string of the molecule is CC(C)n1ncc(C(=O)O)c1C(F)(F)Cl. The predicted molar refractivity (Wildman–Crippen MR) is 49.3 cm³/mol. The molecule has 1 aromatic heterocycles. The van der Waals surface area contributed by atoms with Gasteiger partial charge in [-0.1, -0.05) is 0 Å². The summed E-state index contributed by atoms with van der Waals surface area (Å²) in [5, 5.41) is 8.51. The van der Waals surface area contributed by atoms with Crippen molar-refractivity contribution in [3.63, 3.8) is 0 Å². The van der Waals surface area contributed by atoms with E-state index in [1.165, 1.54) is 0 Å². The van der Waals surface area contributed by atoms with Crippen LogP contribution in [0, 0.1) is 0 Å². The quantitative estimate of drug-likeness (QED) is 0.823. The summed E-state index contributed by atoms with van der Waals surface area (Å²) in [6.45, 7) is 3.20. The van der Waals surface area contributed by atoms with E-state index in [-0.39, 0.29) is 0 Å². The summed E-state index contributed by atoms with van der Waals surface area (Å²) in [4.78, 5) is 10.7. The van der Waals surface area contributed by atoms with E-state index < -0.39 is 28.7 Å². The molecule has 0 unspecified atom stereocenters. The number of rotatable bonds is 3. The van der Waals surface area contributed by atoms with Gasteiger partial charge in [-0.2, -0.15) is 13.9 Å². The Bertz CT molecular complexity index is 384. The van der Waals surface area contributed by atoms with Gasteiger partial charge >= 0.3 is 11.4 Å². The van der Waals surface area contributed by atoms with Crippen molar-refractivity contribution in [1.29, 1.82) is 0 Å². The number of hydrogen-bond acceptors (Lipinski definition) is 2. The summed E-state index contributed by atoms with van der Waals surface area (Å²) in [7, 11) is 0. The lowest BCUT2D eigenvalue weighted by Crippen LogP contribution is -2.18. The molecule has 0 bridgehead atoms. The molecule has 1 aromatic rings.